The van der Waals surface area contributed by atoms with Gasteiger partial charge < -0.3 is 24.3 Å². The molecule has 1 heterocycles. The van der Waals surface area contributed by atoms with Crippen LogP contribution < -0.4 is 19.5 Å². The molecule has 1 amide bonds. The minimum absolute atomic E-state index is 0.0359. The number of nitrogens with zero attached hydrogens (tertiary/aromatic N) is 1. The van der Waals surface area contributed by atoms with Gasteiger partial charge in [-0.25, -0.2) is 9.78 Å². The molecule has 0 aliphatic carbocycles. The highest BCUT2D eigenvalue weighted by Crippen LogP contribution is 2.29. The highest BCUT2D eigenvalue weighted by atomic mass is 16.6. The van der Waals surface area contributed by atoms with Crippen molar-refractivity contribution in [2.75, 3.05) is 7.11 Å². The zero-order chi connectivity index (χ0) is 24.5. The first-order valence-electron chi connectivity index (χ1n) is 10.6. The van der Waals surface area contributed by atoms with E-state index in [4.69, 9.17) is 18.9 Å². The molecule has 0 fully saturated rings. The lowest BCUT2D eigenvalue weighted by Gasteiger charge is -2.29. The Hall–Kier alpha value is -3.62. The highest BCUT2D eigenvalue weighted by molar-refractivity contribution is 5.98. The van der Waals surface area contributed by atoms with Crippen LogP contribution in [0.25, 0.3) is 0 Å². The Kier molecular flexibility index (Phi) is 9.20. The molecule has 9 heteroatoms. The lowest BCUT2D eigenvalue weighted by atomic mass is 10.0. The molecule has 0 spiro atoms. The van der Waals surface area contributed by atoms with Crippen molar-refractivity contribution in [3.63, 3.8) is 0 Å². The van der Waals surface area contributed by atoms with Crippen molar-refractivity contribution in [1.82, 2.24) is 10.3 Å². The molecular formula is C24H30N2O7. The number of amides is 1. The van der Waals surface area contributed by atoms with E-state index in [-0.39, 0.29) is 23.1 Å². The van der Waals surface area contributed by atoms with Crippen LogP contribution in [0.1, 0.15) is 45.1 Å². The standard InChI is InChI=1S/C24H30N2O7/c1-14(2)21(16(4)31-18-10-8-7-9-11-18)33-24(29)15(3)26-23(28)20-22(32-17(5)27)19(30-6)12-13-25-20/h7-16,21H,1-6H3,(H,26,28)/t15-,16+,21-/m0/s1. The van der Waals surface area contributed by atoms with Crippen LogP contribution in [-0.4, -0.2) is 48.2 Å². The summed E-state index contributed by atoms with van der Waals surface area (Å²) >= 11 is 0. The molecule has 9 nitrogen and oxygen atoms in total. The van der Waals surface area contributed by atoms with Crippen molar-refractivity contribution < 1.29 is 33.3 Å². The Bertz CT molecular complexity index is 963. The van der Waals surface area contributed by atoms with Crippen LogP contribution >= 0.6 is 0 Å². The number of benzene rings is 1. The van der Waals surface area contributed by atoms with Crippen LogP contribution in [0.5, 0.6) is 17.2 Å². The number of carbonyl (C=O) groups is 3. The van der Waals surface area contributed by atoms with E-state index in [1.54, 1.807) is 0 Å². The number of esters is 2. The van der Waals surface area contributed by atoms with Gasteiger partial charge in [0.05, 0.1) is 7.11 Å². The molecule has 1 N–H and O–H groups in total. The van der Waals surface area contributed by atoms with Crippen LogP contribution in [0.4, 0.5) is 0 Å². The molecule has 0 bridgehead atoms. The summed E-state index contributed by atoms with van der Waals surface area (Å²) in [5.41, 5.74) is -0.189. The smallest absolute Gasteiger partial charge is 0.328 e. The third-order valence-corrected chi connectivity index (χ3v) is 4.69. The summed E-state index contributed by atoms with van der Waals surface area (Å²) in [6.45, 7) is 8.33. The number of pyridine rings is 1. The van der Waals surface area contributed by atoms with Gasteiger partial charge in [0.25, 0.3) is 5.91 Å². The Balaban J connectivity index is 2.09. The van der Waals surface area contributed by atoms with Crippen LogP contribution in [0.15, 0.2) is 42.6 Å². The molecule has 0 unspecified atom stereocenters. The van der Waals surface area contributed by atoms with E-state index in [0.717, 1.165) is 0 Å². The lowest BCUT2D eigenvalue weighted by Crippen LogP contribution is -2.45. The first-order valence-corrected chi connectivity index (χ1v) is 10.6. The second-order valence-corrected chi connectivity index (χ2v) is 7.76. The number of carbonyl (C=O) groups excluding carboxylic acids is 3. The summed E-state index contributed by atoms with van der Waals surface area (Å²) < 4.78 is 21.8. The number of ether oxygens (including phenoxy) is 4. The third kappa shape index (κ3) is 7.20. The number of rotatable bonds is 10. The average molecular weight is 459 g/mol. The number of aromatic nitrogens is 1. The van der Waals surface area contributed by atoms with Gasteiger partial charge in [-0.3, -0.25) is 9.59 Å². The number of hydrogen-bond donors (Lipinski definition) is 1. The van der Waals surface area contributed by atoms with E-state index >= 15 is 0 Å². The summed E-state index contributed by atoms with van der Waals surface area (Å²) in [7, 11) is 1.37. The molecular weight excluding hydrogens is 428 g/mol. The molecule has 0 radical (unpaired) electrons. The fraction of sp³-hybridized carbons (Fsp3) is 0.417. The topological polar surface area (TPSA) is 113 Å². The molecule has 33 heavy (non-hydrogen) atoms. The third-order valence-electron chi connectivity index (χ3n) is 4.69. The van der Waals surface area contributed by atoms with Crippen molar-refractivity contribution in [1.29, 1.82) is 0 Å². The summed E-state index contributed by atoms with van der Waals surface area (Å²) in [5, 5.41) is 2.53. The molecule has 0 aliphatic heterocycles. The summed E-state index contributed by atoms with van der Waals surface area (Å²) in [6.07, 6.45) is 0.361. The van der Waals surface area contributed by atoms with E-state index in [1.807, 2.05) is 51.1 Å². The number of hydrogen-bond acceptors (Lipinski definition) is 8. The van der Waals surface area contributed by atoms with Crippen molar-refractivity contribution in [2.45, 2.75) is 52.9 Å². The van der Waals surface area contributed by atoms with Crippen LogP contribution in [0.2, 0.25) is 0 Å². The summed E-state index contributed by atoms with van der Waals surface area (Å²) in [4.78, 5) is 40.9. The minimum atomic E-state index is -0.999. The zero-order valence-electron chi connectivity index (χ0n) is 19.7. The Labute approximate surface area is 193 Å². The lowest BCUT2D eigenvalue weighted by molar-refractivity contribution is -0.158. The van der Waals surface area contributed by atoms with E-state index in [0.29, 0.717) is 5.75 Å². The molecule has 2 aromatic rings. The molecule has 2 rings (SSSR count). The van der Waals surface area contributed by atoms with Gasteiger partial charge in [0.15, 0.2) is 11.4 Å². The zero-order valence-corrected chi connectivity index (χ0v) is 19.7. The van der Waals surface area contributed by atoms with Gasteiger partial charge in [0, 0.05) is 19.2 Å². The predicted molar refractivity (Wildman–Crippen MR) is 120 cm³/mol. The maximum atomic E-state index is 12.8. The number of methoxy groups -OCH3 is 1. The monoisotopic (exact) mass is 458 g/mol. The Morgan fingerprint density at radius 1 is 1.00 bits per heavy atom. The maximum absolute atomic E-state index is 12.8. The van der Waals surface area contributed by atoms with Gasteiger partial charge >= 0.3 is 11.9 Å². The van der Waals surface area contributed by atoms with Gasteiger partial charge in [0.1, 0.15) is 24.0 Å². The SMILES string of the molecule is COc1ccnc(C(=O)N[C@@H](C)C(=O)O[C@@H](C(C)C)[C@@H](C)Oc2ccccc2)c1OC(C)=O. The van der Waals surface area contributed by atoms with E-state index in [9.17, 15) is 14.4 Å². The van der Waals surface area contributed by atoms with Crippen molar-refractivity contribution >= 4 is 17.8 Å². The quantitative estimate of drug-likeness (QED) is 0.540. The second kappa shape index (κ2) is 11.8. The molecule has 0 saturated heterocycles. The van der Waals surface area contributed by atoms with Crippen LogP contribution in [-0.2, 0) is 14.3 Å². The molecule has 0 saturated carbocycles. The Morgan fingerprint density at radius 2 is 1.67 bits per heavy atom. The number of para-hydroxylation sites is 1. The highest BCUT2D eigenvalue weighted by Gasteiger charge is 2.30. The van der Waals surface area contributed by atoms with E-state index in [2.05, 4.69) is 10.3 Å². The first-order chi connectivity index (χ1) is 15.6. The van der Waals surface area contributed by atoms with Gasteiger partial charge in [-0.1, -0.05) is 32.0 Å². The fourth-order valence-electron chi connectivity index (χ4n) is 3.11. The normalized spacial score (nSPS) is 13.4. The maximum Gasteiger partial charge on any atom is 0.328 e. The molecule has 1 aromatic carbocycles. The van der Waals surface area contributed by atoms with Crippen LogP contribution in [0.3, 0.4) is 0 Å². The summed E-state index contributed by atoms with van der Waals surface area (Å²) in [6, 6.07) is 9.68. The summed E-state index contributed by atoms with van der Waals surface area (Å²) in [5.74, 6) is -1.34. The molecule has 1 aromatic heterocycles. The van der Waals surface area contributed by atoms with Gasteiger partial charge in [-0.2, -0.15) is 0 Å². The second-order valence-electron chi connectivity index (χ2n) is 7.76. The van der Waals surface area contributed by atoms with Crippen molar-refractivity contribution in [2.24, 2.45) is 5.92 Å². The minimum Gasteiger partial charge on any atom is -0.493 e. The van der Waals surface area contributed by atoms with Crippen molar-refractivity contribution in [3.05, 3.63) is 48.3 Å². The average Bonchev–Trinajstić information content (AvgIpc) is 2.77. The van der Waals surface area contributed by atoms with Gasteiger partial charge in [0.2, 0.25) is 5.75 Å². The predicted octanol–water partition coefficient (Wildman–Crippen LogP) is 3.17. The van der Waals surface area contributed by atoms with E-state index in [1.165, 1.54) is 33.2 Å². The molecule has 178 valence electrons. The van der Waals surface area contributed by atoms with Crippen LogP contribution in [0, 0.1) is 5.92 Å². The van der Waals surface area contributed by atoms with Gasteiger partial charge in [-0.05, 0) is 31.9 Å². The Morgan fingerprint density at radius 3 is 2.24 bits per heavy atom. The first kappa shape index (κ1) is 25.6. The number of nitrogens with one attached hydrogen (secondary N) is 1. The molecule has 3 atom stereocenters. The molecule has 0 aliphatic rings. The van der Waals surface area contributed by atoms with Crippen molar-refractivity contribution in [3.8, 4) is 17.2 Å². The van der Waals surface area contributed by atoms with Gasteiger partial charge in [-0.15, -0.1) is 0 Å². The largest absolute Gasteiger partial charge is 0.493 e. The van der Waals surface area contributed by atoms with E-state index < -0.39 is 36.1 Å². The fourth-order valence-corrected chi connectivity index (χ4v) is 3.11.